The van der Waals surface area contributed by atoms with Gasteiger partial charge >= 0.3 is 0 Å². The maximum absolute atomic E-state index is 10.0. The summed E-state index contributed by atoms with van der Waals surface area (Å²) in [7, 11) is 0. The van der Waals surface area contributed by atoms with Crippen LogP contribution < -0.4 is 0 Å². The first kappa shape index (κ1) is 11.5. The number of aromatic nitrogens is 2. The van der Waals surface area contributed by atoms with Crippen molar-refractivity contribution in [2.75, 3.05) is 0 Å². The van der Waals surface area contributed by atoms with Crippen LogP contribution in [-0.4, -0.2) is 14.7 Å². The Hall–Kier alpha value is -1.03. The number of hydrogen-bond acceptors (Lipinski definition) is 2. The molecule has 0 radical (unpaired) electrons. The predicted molar refractivity (Wildman–Crippen MR) is 63.6 cm³/mol. The molecule has 0 saturated heterocycles. The molecule has 1 atom stereocenters. The summed E-state index contributed by atoms with van der Waals surface area (Å²) in [5.41, 5.74) is 0.628. The number of aliphatic hydroxyl groups is 1. The number of imidazole rings is 1. The number of benzene rings is 1. The van der Waals surface area contributed by atoms with Gasteiger partial charge in [0.25, 0.3) is 0 Å². The highest BCUT2D eigenvalue weighted by Gasteiger charge is 2.12. The van der Waals surface area contributed by atoms with Gasteiger partial charge in [0.1, 0.15) is 0 Å². The monoisotopic (exact) mass is 256 g/mol. The van der Waals surface area contributed by atoms with E-state index in [0.717, 1.165) is 0 Å². The second-order valence-electron chi connectivity index (χ2n) is 3.44. The first-order valence-corrected chi connectivity index (χ1v) is 5.51. The standard InChI is InChI=1S/C11H10Cl2N2O/c12-8-1-2-10(13)9(5-8)11(16)6-15-4-3-14-7-15/h1-5,7,11,16H,6H2. The SMILES string of the molecule is OC(Cn1ccnc1)c1cc(Cl)ccc1Cl. The number of rotatable bonds is 3. The molecule has 2 rings (SSSR count). The van der Waals surface area contributed by atoms with Crippen LogP contribution >= 0.6 is 23.2 Å². The molecule has 0 aliphatic heterocycles. The third-order valence-corrected chi connectivity index (χ3v) is 2.84. The molecule has 0 fully saturated rings. The summed E-state index contributed by atoms with van der Waals surface area (Å²) in [6, 6.07) is 5.04. The molecule has 0 saturated carbocycles. The molecule has 1 aromatic heterocycles. The number of halogens is 2. The first-order chi connectivity index (χ1) is 7.66. The summed E-state index contributed by atoms with van der Waals surface area (Å²) < 4.78 is 1.78. The molecule has 16 heavy (non-hydrogen) atoms. The lowest BCUT2D eigenvalue weighted by molar-refractivity contribution is 0.156. The van der Waals surface area contributed by atoms with E-state index in [1.807, 2.05) is 0 Å². The number of hydrogen-bond donors (Lipinski definition) is 1. The van der Waals surface area contributed by atoms with E-state index in [1.165, 1.54) is 0 Å². The van der Waals surface area contributed by atoms with Gasteiger partial charge in [-0.3, -0.25) is 0 Å². The zero-order valence-electron chi connectivity index (χ0n) is 8.35. The summed E-state index contributed by atoms with van der Waals surface area (Å²) >= 11 is 11.8. The lowest BCUT2D eigenvalue weighted by atomic mass is 10.1. The Morgan fingerprint density at radius 3 is 2.88 bits per heavy atom. The topological polar surface area (TPSA) is 38.0 Å². The summed E-state index contributed by atoms with van der Waals surface area (Å²) in [5, 5.41) is 11.1. The van der Waals surface area contributed by atoms with E-state index < -0.39 is 6.10 Å². The van der Waals surface area contributed by atoms with Crippen molar-refractivity contribution in [3.05, 3.63) is 52.5 Å². The van der Waals surface area contributed by atoms with Crippen LogP contribution in [0, 0.1) is 0 Å². The molecule has 0 spiro atoms. The fraction of sp³-hybridized carbons (Fsp3) is 0.182. The van der Waals surface area contributed by atoms with Crippen LogP contribution in [0.15, 0.2) is 36.9 Å². The van der Waals surface area contributed by atoms with Crippen LogP contribution in [0.25, 0.3) is 0 Å². The van der Waals surface area contributed by atoms with Gasteiger partial charge in [0, 0.05) is 28.0 Å². The van der Waals surface area contributed by atoms with E-state index in [9.17, 15) is 5.11 Å². The van der Waals surface area contributed by atoms with Crippen LogP contribution in [-0.2, 0) is 6.54 Å². The lowest BCUT2D eigenvalue weighted by Gasteiger charge is -2.13. The molecule has 0 aliphatic rings. The minimum atomic E-state index is -0.694. The number of nitrogens with zero attached hydrogens (tertiary/aromatic N) is 2. The highest BCUT2D eigenvalue weighted by atomic mass is 35.5. The maximum Gasteiger partial charge on any atom is 0.0984 e. The van der Waals surface area contributed by atoms with Crippen molar-refractivity contribution in [3.8, 4) is 0 Å². The van der Waals surface area contributed by atoms with E-state index in [2.05, 4.69) is 4.98 Å². The van der Waals surface area contributed by atoms with Gasteiger partial charge < -0.3 is 9.67 Å². The van der Waals surface area contributed by atoms with Crippen LogP contribution in [0.4, 0.5) is 0 Å². The Balaban J connectivity index is 2.20. The second kappa shape index (κ2) is 4.87. The molecule has 1 heterocycles. The van der Waals surface area contributed by atoms with Crippen LogP contribution in [0.3, 0.4) is 0 Å². The summed E-state index contributed by atoms with van der Waals surface area (Å²) in [6.07, 6.45) is 4.38. The summed E-state index contributed by atoms with van der Waals surface area (Å²) in [5.74, 6) is 0. The fourth-order valence-electron chi connectivity index (χ4n) is 1.46. The molecule has 0 bridgehead atoms. The van der Waals surface area contributed by atoms with Crippen LogP contribution in [0.1, 0.15) is 11.7 Å². The molecule has 0 amide bonds. The van der Waals surface area contributed by atoms with E-state index in [4.69, 9.17) is 23.2 Å². The normalized spacial score (nSPS) is 12.7. The second-order valence-corrected chi connectivity index (χ2v) is 4.28. The predicted octanol–water partition coefficient (Wildman–Crippen LogP) is 2.92. The fourth-order valence-corrected chi connectivity index (χ4v) is 1.89. The Bertz CT molecular complexity index is 471. The Labute approximate surface area is 103 Å². The molecule has 3 nitrogen and oxygen atoms in total. The smallest absolute Gasteiger partial charge is 0.0984 e. The minimum absolute atomic E-state index is 0.403. The molecule has 2 aromatic rings. The van der Waals surface area contributed by atoms with Crippen molar-refractivity contribution in [1.82, 2.24) is 9.55 Å². The van der Waals surface area contributed by atoms with E-state index in [0.29, 0.717) is 22.2 Å². The Kier molecular flexibility index (Phi) is 3.49. The van der Waals surface area contributed by atoms with Gasteiger partial charge in [0.2, 0.25) is 0 Å². The number of aliphatic hydroxyl groups excluding tert-OH is 1. The molecule has 0 aliphatic carbocycles. The van der Waals surface area contributed by atoms with Gasteiger partial charge in [-0.1, -0.05) is 23.2 Å². The first-order valence-electron chi connectivity index (χ1n) is 4.75. The third kappa shape index (κ3) is 2.55. The van der Waals surface area contributed by atoms with Crippen molar-refractivity contribution < 1.29 is 5.11 Å². The van der Waals surface area contributed by atoms with Gasteiger partial charge in [-0.05, 0) is 18.2 Å². The highest BCUT2D eigenvalue weighted by molar-refractivity contribution is 6.33. The van der Waals surface area contributed by atoms with Crippen LogP contribution in [0.2, 0.25) is 10.0 Å². The van der Waals surface area contributed by atoms with E-state index in [1.54, 1.807) is 41.5 Å². The summed E-state index contributed by atoms with van der Waals surface area (Å²) in [4.78, 5) is 3.90. The van der Waals surface area contributed by atoms with Crippen molar-refractivity contribution in [2.24, 2.45) is 0 Å². The molecule has 1 unspecified atom stereocenters. The van der Waals surface area contributed by atoms with Crippen molar-refractivity contribution >= 4 is 23.2 Å². The maximum atomic E-state index is 10.0. The van der Waals surface area contributed by atoms with Gasteiger partial charge in [0.05, 0.1) is 19.0 Å². The van der Waals surface area contributed by atoms with E-state index >= 15 is 0 Å². The lowest BCUT2D eigenvalue weighted by Crippen LogP contribution is -2.07. The third-order valence-electron chi connectivity index (χ3n) is 2.26. The van der Waals surface area contributed by atoms with Gasteiger partial charge in [-0.2, -0.15) is 0 Å². The van der Waals surface area contributed by atoms with Crippen molar-refractivity contribution in [3.63, 3.8) is 0 Å². The zero-order valence-corrected chi connectivity index (χ0v) is 9.86. The Morgan fingerprint density at radius 2 is 2.19 bits per heavy atom. The molecular weight excluding hydrogens is 247 g/mol. The van der Waals surface area contributed by atoms with Gasteiger partial charge in [-0.15, -0.1) is 0 Å². The molecule has 5 heteroatoms. The van der Waals surface area contributed by atoms with Crippen molar-refractivity contribution in [1.29, 1.82) is 0 Å². The zero-order chi connectivity index (χ0) is 11.5. The highest BCUT2D eigenvalue weighted by Crippen LogP contribution is 2.27. The van der Waals surface area contributed by atoms with Crippen molar-refractivity contribution in [2.45, 2.75) is 12.6 Å². The average molecular weight is 257 g/mol. The van der Waals surface area contributed by atoms with Gasteiger partial charge in [0.15, 0.2) is 0 Å². The molecular formula is C11H10Cl2N2O. The molecule has 1 aromatic carbocycles. The average Bonchev–Trinajstić information content (AvgIpc) is 2.74. The van der Waals surface area contributed by atoms with Crippen LogP contribution in [0.5, 0.6) is 0 Å². The minimum Gasteiger partial charge on any atom is -0.386 e. The van der Waals surface area contributed by atoms with Gasteiger partial charge in [-0.25, -0.2) is 4.98 Å². The molecule has 84 valence electrons. The Morgan fingerprint density at radius 1 is 1.38 bits per heavy atom. The molecule has 1 N–H and O–H groups in total. The quantitative estimate of drug-likeness (QED) is 0.917. The van der Waals surface area contributed by atoms with E-state index in [-0.39, 0.29) is 0 Å². The summed E-state index contributed by atoms with van der Waals surface area (Å²) in [6.45, 7) is 0.403. The largest absolute Gasteiger partial charge is 0.386 e.